The van der Waals surface area contributed by atoms with Crippen LogP contribution in [0.25, 0.3) is 0 Å². The highest BCUT2D eigenvalue weighted by Gasteiger charge is 2.63. The monoisotopic (exact) mass is 534 g/mol. The van der Waals surface area contributed by atoms with Crippen molar-refractivity contribution in [3.05, 3.63) is 23.8 Å². The second kappa shape index (κ2) is 9.52. The Morgan fingerprint density at radius 3 is 2.47 bits per heavy atom. The van der Waals surface area contributed by atoms with E-state index in [1.54, 1.807) is 6.08 Å². The van der Waals surface area contributed by atoms with Crippen LogP contribution < -0.4 is 0 Å². The molecule has 2 saturated carbocycles. The third-order valence-electron chi connectivity index (χ3n) is 10.6. The quantitative estimate of drug-likeness (QED) is 0.323. The molecule has 3 fully saturated rings. The van der Waals surface area contributed by atoms with Gasteiger partial charge in [0.15, 0.2) is 11.9 Å². The van der Waals surface area contributed by atoms with E-state index in [4.69, 9.17) is 9.47 Å². The minimum atomic E-state index is -1.87. The molecule has 5 rings (SSSR count). The van der Waals surface area contributed by atoms with Crippen LogP contribution in [0, 0.1) is 28.6 Å². The summed E-state index contributed by atoms with van der Waals surface area (Å²) in [4.78, 5) is 36.0. The Morgan fingerprint density at radius 2 is 1.76 bits per heavy atom. The number of ether oxygens (including phenoxy) is 2. The summed E-state index contributed by atoms with van der Waals surface area (Å²) < 4.78 is 10.2. The average Bonchev–Trinajstić information content (AvgIpc) is 3.14. The number of carboxylic acids is 1. The maximum absolute atomic E-state index is 12.7. The number of carbonyl (C=O) groups is 3. The number of hydrogen-bond donors (Lipinski definition) is 5. The predicted octanol–water partition coefficient (Wildman–Crippen LogP) is 1.24. The Hall–Kier alpha value is -2.11. The molecular formula is C28H38O10. The van der Waals surface area contributed by atoms with Crippen molar-refractivity contribution in [1.82, 2.24) is 0 Å². The number of allylic oxidation sites excluding steroid dienone is 4. The number of aliphatic carboxylic acids is 1. The van der Waals surface area contributed by atoms with E-state index >= 15 is 0 Å². The van der Waals surface area contributed by atoms with Crippen molar-refractivity contribution >= 4 is 17.7 Å². The molecule has 0 aromatic rings. The summed E-state index contributed by atoms with van der Waals surface area (Å²) in [6.07, 6.45) is 1.37. The lowest BCUT2D eigenvalue weighted by molar-refractivity contribution is -0.286. The molecule has 210 valence electrons. The van der Waals surface area contributed by atoms with Crippen molar-refractivity contribution in [2.45, 2.75) is 102 Å². The van der Waals surface area contributed by atoms with Gasteiger partial charge in [-0.3, -0.25) is 9.59 Å². The molecule has 1 heterocycles. The van der Waals surface area contributed by atoms with Gasteiger partial charge in [-0.05, 0) is 78.8 Å². The number of hydrogen-bond acceptors (Lipinski definition) is 9. The van der Waals surface area contributed by atoms with E-state index < -0.39 is 53.7 Å². The topological polar surface area (TPSA) is 171 Å². The zero-order valence-electron chi connectivity index (χ0n) is 21.8. The minimum absolute atomic E-state index is 0.0496. The minimum Gasteiger partial charge on any atom is -0.479 e. The first kappa shape index (κ1) is 27.5. The van der Waals surface area contributed by atoms with E-state index in [1.165, 1.54) is 0 Å². The summed E-state index contributed by atoms with van der Waals surface area (Å²) in [5, 5.41) is 50.9. The number of rotatable bonds is 5. The van der Waals surface area contributed by atoms with Crippen LogP contribution in [-0.4, -0.2) is 79.6 Å². The molecule has 38 heavy (non-hydrogen) atoms. The summed E-state index contributed by atoms with van der Waals surface area (Å²) in [6, 6.07) is 0. The van der Waals surface area contributed by atoms with Gasteiger partial charge in [0, 0.05) is 12.8 Å². The van der Waals surface area contributed by atoms with Crippen LogP contribution in [0.5, 0.6) is 0 Å². The fourth-order valence-corrected chi connectivity index (χ4v) is 8.17. The van der Waals surface area contributed by atoms with Gasteiger partial charge < -0.3 is 35.0 Å². The van der Waals surface area contributed by atoms with Crippen molar-refractivity contribution < 1.29 is 49.4 Å². The summed E-state index contributed by atoms with van der Waals surface area (Å²) in [5.74, 6) is -1.29. The molecule has 10 heteroatoms. The van der Waals surface area contributed by atoms with Crippen LogP contribution in [-0.2, 0) is 23.9 Å². The Bertz CT molecular complexity index is 1070. The van der Waals surface area contributed by atoms with Gasteiger partial charge in [0.1, 0.15) is 18.3 Å². The zero-order valence-corrected chi connectivity index (χ0v) is 21.8. The van der Waals surface area contributed by atoms with Gasteiger partial charge in [0.2, 0.25) is 6.29 Å². The number of carboxylic acid groups (broad SMARTS) is 1. The van der Waals surface area contributed by atoms with Crippen LogP contribution in [0.4, 0.5) is 0 Å². The standard InChI is InChI=1S/C28H38O10/c1-26-9-5-15(29)13-14(26)3-4-16-17(26)6-10-27(2)18(16)7-11-28(27,36)12-8-19(30)37-25-22(33)20(31)21(32)23(38-25)24(34)35/h3-4,13,16-18,20-23,25,31-33,36H,5-12H2,1-2H3,(H,34,35)/t16-,17+,18+,20+,21+,22-,23+,25?,26+,27+,28-/m1/s1. The number of carbonyl (C=O) groups excluding carboxylic acids is 2. The largest absolute Gasteiger partial charge is 0.479 e. The number of fused-ring (bicyclic) bond motifs is 5. The van der Waals surface area contributed by atoms with Crippen LogP contribution in [0.2, 0.25) is 0 Å². The van der Waals surface area contributed by atoms with Crippen LogP contribution in [0.3, 0.4) is 0 Å². The van der Waals surface area contributed by atoms with Gasteiger partial charge in [-0.2, -0.15) is 0 Å². The molecule has 0 spiro atoms. The Kier molecular flexibility index (Phi) is 6.88. The first-order valence-corrected chi connectivity index (χ1v) is 13.6. The Balaban J connectivity index is 1.26. The molecule has 0 aromatic heterocycles. The summed E-state index contributed by atoms with van der Waals surface area (Å²) >= 11 is 0. The van der Waals surface area contributed by atoms with Crippen molar-refractivity contribution in [2.75, 3.05) is 0 Å². The molecule has 1 unspecified atom stereocenters. The highest BCUT2D eigenvalue weighted by Crippen LogP contribution is 2.66. The number of esters is 1. The lowest BCUT2D eigenvalue weighted by Gasteiger charge is -2.57. The fourth-order valence-electron chi connectivity index (χ4n) is 8.17. The van der Waals surface area contributed by atoms with Gasteiger partial charge in [-0.1, -0.05) is 26.0 Å². The molecule has 0 amide bonds. The molecule has 0 bridgehead atoms. The van der Waals surface area contributed by atoms with Crippen LogP contribution in [0.1, 0.15) is 65.2 Å². The summed E-state index contributed by atoms with van der Waals surface area (Å²) in [7, 11) is 0. The third kappa shape index (κ3) is 4.16. The second-order valence-corrected chi connectivity index (χ2v) is 12.4. The van der Waals surface area contributed by atoms with Crippen molar-refractivity contribution in [1.29, 1.82) is 0 Å². The third-order valence-corrected chi connectivity index (χ3v) is 10.6. The molecule has 4 aliphatic carbocycles. The van der Waals surface area contributed by atoms with Crippen molar-refractivity contribution in [3.63, 3.8) is 0 Å². The second-order valence-electron chi connectivity index (χ2n) is 12.4. The lowest BCUT2D eigenvalue weighted by Crippen LogP contribution is -2.60. The van der Waals surface area contributed by atoms with E-state index in [2.05, 4.69) is 26.0 Å². The van der Waals surface area contributed by atoms with Crippen LogP contribution >= 0.6 is 0 Å². The lowest BCUT2D eigenvalue weighted by atomic mass is 9.48. The predicted molar refractivity (Wildman–Crippen MR) is 131 cm³/mol. The molecule has 5 aliphatic rings. The maximum Gasteiger partial charge on any atom is 0.335 e. The molecule has 1 aliphatic heterocycles. The van der Waals surface area contributed by atoms with Gasteiger partial charge in [-0.25, -0.2) is 4.79 Å². The highest BCUT2D eigenvalue weighted by atomic mass is 16.7. The van der Waals surface area contributed by atoms with E-state index in [0.29, 0.717) is 18.8 Å². The van der Waals surface area contributed by atoms with Crippen molar-refractivity contribution in [2.24, 2.45) is 28.6 Å². The molecule has 1 saturated heterocycles. The molecule has 5 N–H and O–H groups in total. The first-order valence-electron chi connectivity index (χ1n) is 13.6. The van der Waals surface area contributed by atoms with E-state index in [0.717, 1.165) is 31.3 Å². The van der Waals surface area contributed by atoms with Gasteiger partial charge in [0.25, 0.3) is 0 Å². The normalized spacial score (nSPS) is 47.9. The number of ketones is 1. The highest BCUT2D eigenvalue weighted by molar-refractivity contribution is 5.92. The number of aliphatic hydroxyl groups excluding tert-OH is 3. The fraction of sp³-hybridized carbons (Fsp3) is 0.750. The smallest absolute Gasteiger partial charge is 0.335 e. The Morgan fingerprint density at radius 1 is 1.05 bits per heavy atom. The Labute approximate surface area is 221 Å². The molecule has 0 aromatic carbocycles. The SMILES string of the molecule is C[C@]12CCC(=O)C=C1C=C[C@@H]1[C@@H]2CC[C@@]2(C)[C@H]1CC[C@@]2(O)CCC(=O)OC1O[C@H](C(=O)O)[C@@H](O)[C@H](O)[C@H]1O. The molecule has 0 radical (unpaired) electrons. The summed E-state index contributed by atoms with van der Waals surface area (Å²) in [5.41, 5.74) is -0.465. The van der Waals surface area contributed by atoms with Crippen molar-refractivity contribution in [3.8, 4) is 0 Å². The maximum atomic E-state index is 12.7. The average molecular weight is 535 g/mol. The number of aliphatic hydroxyl groups is 4. The van der Waals surface area contributed by atoms with E-state index in [9.17, 15) is 39.9 Å². The summed E-state index contributed by atoms with van der Waals surface area (Å²) in [6.45, 7) is 4.36. The zero-order chi connectivity index (χ0) is 27.6. The van der Waals surface area contributed by atoms with Gasteiger partial charge in [0.05, 0.1) is 5.60 Å². The van der Waals surface area contributed by atoms with Gasteiger partial charge in [-0.15, -0.1) is 0 Å². The molecular weight excluding hydrogens is 496 g/mol. The van der Waals surface area contributed by atoms with Crippen LogP contribution in [0.15, 0.2) is 23.8 Å². The first-order chi connectivity index (χ1) is 17.8. The molecule has 10 nitrogen and oxygen atoms in total. The van der Waals surface area contributed by atoms with Gasteiger partial charge >= 0.3 is 11.9 Å². The van der Waals surface area contributed by atoms with E-state index in [-0.39, 0.29) is 35.9 Å². The molecule has 11 atom stereocenters. The van der Waals surface area contributed by atoms with E-state index in [1.807, 2.05) is 0 Å².